The second-order valence-corrected chi connectivity index (χ2v) is 4.99. The predicted octanol–water partition coefficient (Wildman–Crippen LogP) is 3.54. The third-order valence-electron chi connectivity index (χ3n) is 3.52. The Hall–Kier alpha value is -2.07. The Kier molecular flexibility index (Phi) is 4.48. The molecule has 0 saturated carbocycles. The third-order valence-corrected chi connectivity index (χ3v) is 3.52. The normalized spacial score (nSPS) is 12.1. The minimum atomic E-state index is -1.05. The van der Waals surface area contributed by atoms with Gasteiger partial charge in [-0.3, -0.25) is 0 Å². The van der Waals surface area contributed by atoms with Gasteiger partial charge in [0.1, 0.15) is 11.9 Å². The lowest BCUT2D eigenvalue weighted by Crippen LogP contribution is -2.06. The van der Waals surface area contributed by atoms with Crippen LogP contribution in [-0.4, -0.2) is 19.3 Å². The summed E-state index contributed by atoms with van der Waals surface area (Å²) in [6.45, 7) is 3.65. The largest absolute Gasteiger partial charge is 0.493 e. The van der Waals surface area contributed by atoms with Gasteiger partial charge in [-0.15, -0.1) is 0 Å². The van der Waals surface area contributed by atoms with Crippen molar-refractivity contribution in [3.05, 3.63) is 58.4 Å². The molecule has 0 heterocycles. The van der Waals surface area contributed by atoms with E-state index in [4.69, 9.17) is 9.47 Å². The fourth-order valence-corrected chi connectivity index (χ4v) is 2.31. The van der Waals surface area contributed by atoms with Crippen LogP contribution in [0.1, 0.15) is 28.4 Å². The average Bonchev–Trinajstić information content (AvgIpc) is 2.46. The Morgan fingerprint density at radius 1 is 0.952 bits per heavy atom. The van der Waals surface area contributed by atoms with E-state index in [9.17, 15) is 9.50 Å². The van der Waals surface area contributed by atoms with E-state index in [1.165, 1.54) is 13.2 Å². The maximum Gasteiger partial charge on any atom is 0.161 e. The van der Waals surface area contributed by atoms with E-state index >= 15 is 0 Å². The van der Waals surface area contributed by atoms with E-state index in [0.717, 1.165) is 11.1 Å². The van der Waals surface area contributed by atoms with Crippen molar-refractivity contribution in [2.24, 2.45) is 0 Å². The van der Waals surface area contributed by atoms with Crippen molar-refractivity contribution < 1.29 is 19.0 Å². The number of aliphatic hydroxyl groups excluding tert-OH is 1. The van der Waals surface area contributed by atoms with Gasteiger partial charge in [0.25, 0.3) is 0 Å². The zero-order chi connectivity index (χ0) is 15.6. The number of hydrogen-bond acceptors (Lipinski definition) is 3. The first-order chi connectivity index (χ1) is 9.97. The lowest BCUT2D eigenvalue weighted by Gasteiger charge is -2.18. The van der Waals surface area contributed by atoms with E-state index in [2.05, 4.69) is 0 Å². The summed E-state index contributed by atoms with van der Waals surface area (Å²) in [5.41, 5.74) is 2.46. The molecule has 112 valence electrons. The number of hydrogen-bond donors (Lipinski definition) is 1. The Labute approximate surface area is 124 Å². The highest BCUT2D eigenvalue weighted by Gasteiger charge is 2.19. The molecule has 0 bridgehead atoms. The van der Waals surface area contributed by atoms with Crippen LogP contribution in [0.25, 0.3) is 0 Å². The van der Waals surface area contributed by atoms with E-state index in [1.807, 2.05) is 6.92 Å². The van der Waals surface area contributed by atoms with Crippen LogP contribution in [0.3, 0.4) is 0 Å². The molecule has 2 aromatic rings. The van der Waals surface area contributed by atoms with Crippen LogP contribution in [0.5, 0.6) is 11.5 Å². The standard InChI is InChI=1S/C17H19FO3/c1-10-5-6-12(14(18)7-10)17(19)13-9-16(21-4)15(20-3)8-11(13)2/h5-9,17,19H,1-4H3. The number of ether oxygens (including phenoxy) is 2. The summed E-state index contributed by atoms with van der Waals surface area (Å²) < 4.78 is 24.5. The van der Waals surface area contributed by atoms with Gasteiger partial charge in [-0.2, -0.15) is 0 Å². The molecule has 0 aliphatic heterocycles. The molecule has 1 N–H and O–H groups in total. The van der Waals surface area contributed by atoms with E-state index in [1.54, 1.807) is 38.3 Å². The topological polar surface area (TPSA) is 38.7 Å². The Bertz CT molecular complexity index is 653. The molecule has 0 radical (unpaired) electrons. The van der Waals surface area contributed by atoms with Crippen molar-refractivity contribution in [1.29, 1.82) is 0 Å². The summed E-state index contributed by atoms with van der Waals surface area (Å²) in [6.07, 6.45) is -1.05. The van der Waals surface area contributed by atoms with Gasteiger partial charge in [0.2, 0.25) is 0 Å². The van der Waals surface area contributed by atoms with Gasteiger partial charge in [0.05, 0.1) is 14.2 Å². The molecule has 0 saturated heterocycles. The van der Waals surface area contributed by atoms with E-state index < -0.39 is 11.9 Å². The molecule has 0 fully saturated rings. The van der Waals surface area contributed by atoms with E-state index in [-0.39, 0.29) is 5.56 Å². The number of aliphatic hydroxyl groups is 1. The van der Waals surface area contributed by atoms with Gasteiger partial charge < -0.3 is 14.6 Å². The molecular weight excluding hydrogens is 271 g/mol. The number of aryl methyl sites for hydroxylation is 2. The molecule has 1 atom stereocenters. The van der Waals surface area contributed by atoms with Crippen LogP contribution in [0.15, 0.2) is 30.3 Å². The molecule has 0 aromatic heterocycles. The predicted molar refractivity (Wildman–Crippen MR) is 79.5 cm³/mol. The van der Waals surface area contributed by atoms with Crippen LogP contribution >= 0.6 is 0 Å². The molecule has 0 aliphatic carbocycles. The molecule has 0 aliphatic rings. The first-order valence-electron chi connectivity index (χ1n) is 6.64. The molecule has 21 heavy (non-hydrogen) atoms. The van der Waals surface area contributed by atoms with E-state index in [0.29, 0.717) is 17.1 Å². The Morgan fingerprint density at radius 2 is 1.57 bits per heavy atom. The van der Waals surface area contributed by atoms with Crippen molar-refractivity contribution in [3.63, 3.8) is 0 Å². The first-order valence-corrected chi connectivity index (χ1v) is 6.64. The summed E-state index contributed by atoms with van der Waals surface area (Å²) in [5, 5.41) is 10.5. The van der Waals surface area contributed by atoms with Gasteiger partial charge in [-0.25, -0.2) is 4.39 Å². The Morgan fingerprint density at radius 3 is 2.14 bits per heavy atom. The lowest BCUT2D eigenvalue weighted by molar-refractivity contribution is 0.213. The highest BCUT2D eigenvalue weighted by atomic mass is 19.1. The molecule has 1 unspecified atom stereocenters. The first kappa shape index (κ1) is 15.3. The number of rotatable bonds is 4. The smallest absolute Gasteiger partial charge is 0.161 e. The van der Waals surface area contributed by atoms with Gasteiger partial charge >= 0.3 is 0 Å². The third kappa shape index (κ3) is 3.00. The zero-order valence-electron chi connectivity index (χ0n) is 12.6. The van der Waals surface area contributed by atoms with Gasteiger partial charge in [-0.05, 0) is 48.7 Å². The molecule has 0 amide bonds. The van der Waals surface area contributed by atoms with Gasteiger partial charge in [0, 0.05) is 5.56 Å². The fraction of sp³-hybridized carbons (Fsp3) is 0.294. The lowest BCUT2D eigenvalue weighted by atomic mass is 9.96. The minimum absolute atomic E-state index is 0.246. The van der Waals surface area contributed by atoms with Crippen molar-refractivity contribution in [3.8, 4) is 11.5 Å². The maximum atomic E-state index is 14.0. The highest BCUT2D eigenvalue weighted by Crippen LogP contribution is 2.35. The fourth-order valence-electron chi connectivity index (χ4n) is 2.31. The quantitative estimate of drug-likeness (QED) is 0.936. The van der Waals surface area contributed by atoms with Crippen molar-refractivity contribution in [2.45, 2.75) is 20.0 Å². The van der Waals surface area contributed by atoms with Gasteiger partial charge in [-0.1, -0.05) is 12.1 Å². The van der Waals surface area contributed by atoms with Crippen LogP contribution < -0.4 is 9.47 Å². The molecule has 3 nitrogen and oxygen atoms in total. The molecule has 0 spiro atoms. The summed E-state index contributed by atoms with van der Waals surface area (Å²) in [4.78, 5) is 0. The summed E-state index contributed by atoms with van der Waals surface area (Å²) >= 11 is 0. The summed E-state index contributed by atoms with van der Waals surface area (Å²) in [7, 11) is 3.07. The van der Waals surface area contributed by atoms with Crippen LogP contribution in [0.4, 0.5) is 4.39 Å². The van der Waals surface area contributed by atoms with Crippen molar-refractivity contribution in [2.75, 3.05) is 14.2 Å². The molecule has 2 aromatic carbocycles. The van der Waals surface area contributed by atoms with Crippen LogP contribution in [0, 0.1) is 19.7 Å². The number of benzene rings is 2. The van der Waals surface area contributed by atoms with Crippen molar-refractivity contribution in [1.82, 2.24) is 0 Å². The molecular formula is C17H19FO3. The molecule has 4 heteroatoms. The highest BCUT2D eigenvalue weighted by molar-refractivity contribution is 5.49. The second kappa shape index (κ2) is 6.14. The van der Waals surface area contributed by atoms with Crippen LogP contribution in [0.2, 0.25) is 0 Å². The monoisotopic (exact) mass is 290 g/mol. The summed E-state index contributed by atoms with van der Waals surface area (Å²) in [5.74, 6) is 0.664. The van der Waals surface area contributed by atoms with Crippen LogP contribution in [-0.2, 0) is 0 Å². The number of methoxy groups -OCH3 is 2. The average molecular weight is 290 g/mol. The van der Waals surface area contributed by atoms with Crippen molar-refractivity contribution >= 4 is 0 Å². The number of halogens is 1. The minimum Gasteiger partial charge on any atom is -0.493 e. The SMILES string of the molecule is COc1cc(C)c(C(O)c2ccc(C)cc2F)cc1OC. The summed E-state index contributed by atoms with van der Waals surface area (Å²) in [6, 6.07) is 8.24. The molecule has 2 rings (SSSR count). The van der Waals surface area contributed by atoms with Gasteiger partial charge in [0.15, 0.2) is 11.5 Å². The Balaban J connectivity index is 2.50. The maximum absolute atomic E-state index is 14.0. The zero-order valence-corrected chi connectivity index (χ0v) is 12.6. The second-order valence-electron chi connectivity index (χ2n) is 4.99.